The molecule has 0 unspecified atom stereocenters. The fourth-order valence-electron chi connectivity index (χ4n) is 2.45. The molecule has 0 saturated heterocycles. The van der Waals surface area contributed by atoms with Crippen LogP contribution in [0.15, 0.2) is 18.2 Å². The first-order chi connectivity index (χ1) is 7.31. The Hall–Kier alpha value is -1.02. The molecule has 15 heavy (non-hydrogen) atoms. The summed E-state index contributed by atoms with van der Waals surface area (Å²) >= 11 is 0. The normalized spacial score (nSPS) is 21.3. The molecule has 0 aromatic heterocycles. The molecule has 0 bridgehead atoms. The van der Waals surface area contributed by atoms with Crippen LogP contribution in [-0.2, 0) is 13.0 Å². The van der Waals surface area contributed by atoms with Crippen molar-refractivity contribution in [3.63, 3.8) is 0 Å². The van der Waals surface area contributed by atoms with Crippen LogP contribution in [-0.4, -0.2) is 18.0 Å². The Kier molecular flexibility index (Phi) is 2.17. The Morgan fingerprint density at radius 2 is 2.13 bits per heavy atom. The van der Waals surface area contributed by atoms with E-state index in [-0.39, 0.29) is 0 Å². The van der Waals surface area contributed by atoms with E-state index < -0.39 is 0 Å². The zero-order chi connectivity index (χ0) is 10.3. The van der Waals surface area contributed by atoms with E-state index in [1.807, 2.05) is 6.07 Å². The highest BCUT2D eigenvalue weighted by Gasteiger charge is 2.26. The lowest BCUT2D eigenvalue weighted by atomic mass is 9.99. The fourth-order valence-corrected chi connectivity index (χ4v) is 2.45. The molecule has 80 valence electrons. The number of nitrogens with zero attached hydrogens (tertiary/aromatic N) is 1. The second-order valence-corrected chi connectivity index (χ2v) is 4.96. The van der Waals surface area contributed by atoms with Gasteiger partial charge in [0.1, 0.15) is 0 Å². The first kappa shape index (κ1) is 9.22. The number of fused-ring (bicyclic) bond motifs is 1. The summed E-state index contributed by atoms with van der Waals surface area (Å²) in [5.41, 5.74) is 9.64. The number of nitrogen functional groups attached to an aromatic ring is 1. The summed E-state index contributed by atoms with van der Waals surface area (Å²) in [6.07, 6.45) is 4.07. The van der Waals surface area contributed by atoms with Crippen molar-refractivity contribution in [2.24, 2.45) is 5.92 Å². The van der Waals surface area contributed by atoms with Crippen LogP contribution < -0.4 is 5.73 Å². The van der Waals surface area contributed by atoms with Gasteiger partial charge >= 0.3 is 0 Å². The average molecular weight is 202 g/mol. The minimum absolute atomic E-state index is 0.907. The third kappa shape index (κ3) is 2.00. The second kappa shape index (κ2) is 3.53. The van der Waals surface area contributed by atoms with Crippen LogP contribution in [0.1, 0.15) is 24.0 Å². The number of anilines is 1. The van der Waals surface area contributed by atoms with Gasteiger partial charge in [-0.15, -0.1) is 0 Å². The molecular weight excluding hydrogens is 184 g/mol. The largest absolute Gasteiger partial charge is 0.399 e. The minimum atomic E-state index is 0.907. The van der Waals surface area contributed by atoms with E-state index in [2.05, 4.69) is 17.0 Å². The van der Waals surface area contributed by atoms with Crippen LogP contribution in [0.5, 0.6) is 0 Å². The number of rotatable bonds is 2. The van der Waals surface area contributed by atoms with E-state index >= 15 is 0 Å². The van der Waals surface area contributed by atoms with E-state index in [4.69, 9.17) is 5.73 Å². The van der Waals surface area contributed by atoms with Gasteiger partial charge in [-0.3, -0.25) is 4.90 Å². The zero-order valence-electron chi connectivity index (χ0n) is 9.08. The molecule has 1 aliphatic heterocycles. The molecule has 1 aromatic rings. The van der Waals surface area contributed by atoms with Gasteiger partial charge in [-0.2, -0.15) is 0 Å². The third-order valence-electron chi connectivity index (χ3n) is 3.53. The van der Waals surface area contributed by atoms with Crippen molar-refractivity contribution >= 4 is 5.69 Å². The second-order valence-electron chi connectivity index (χ2n) is 4.96. The summed E-state index contributed by atoms with van der Waals surface area (Å²) < 4.78 is 0. The smallest absolute Gasteiger partial charge is 0.0316 e. The SMILES string of the molecule is Nc1ccc2c(c1)CCN(CC1CC1)C2. The maximum atomic E-state index is 5.79. The van der Waals surface area contributed by atoms with Crippen LogP contribution in [0.4, 0.5) is 5.69 Å². The molecule has 1 aromatic carbocycles. The monoisotopic (exact) mass is 202 g/mol. The van der Waals surface area contributed by atoms with Crippen molar-refractivity contribution in [3.05, 3.63) is 29.3 Å². The molecule has 1 fully saturated rings. The van der Waals surface area contributed by atoms with Crippen LogP contribution in [0.2, 0.25) is 0 Å². The summed E-state index contributed by atoms with van der Waals surface area (Å²) in [6, 6.07) is 6.37. The van der Waals surface area contributed by atoms with Crippen molar-refractivity contribution in [2.45, 2.75) is 25.8 Å². The lowest BCUT2D eigenvalue weighted by Gasteiger charge is -2.28. The quantitative estimate of drug-likeness (QED) is 0.744. The number of nitrogens with two attached hydrogens (primary N) is 1. The predicted molar refractivity (Wildman–Crippen MR) is 62.6 cm³/mol. The van der Waals surface area contributed by atoms with Gasteiger partial charge < -0.3 is 5.73 Å². The highest BCUT2D eigenvalue weighted by Crippen LogP contribution is 2.31. The lowest BCUT2D eigenvalue weighted by molar-refractivity contribution is 0.244. The Labute approximate surface area is 91.1 Å². The first-order valence-electron chi connectivity index (χ1n) is 5.91. The number of benzene rings is 1. The highest BCUT2D eigenvalue weighted by molar-refractivity contribution is 5.45. The summed E-state index contributed by atoms with van der Waals surface area (Å²) in [6.45, 7) is 3.66. The van der Waals surface area contributed by atoms with Crippen molar-refractivity contribution < 1.29 is 0 Å². The van der Waals surface area contributed by atoms with Crippen molar-refractivity contribution in [2.75, 3.05) is 18.8 Å². The summed E-state index contributed by atoms with van der Waals surface area (Å²) in [7, 11) is 0. The van der Waals surface area contributed by atoms with Gasteiger partial charge in [0.15, 0.2) is 0 Å². The van der Waals surface area contributed by atoms with E-state index in [0.717, 1.165) is 18.2 Å². The summed E-state index contributed by atoms with van der Waals surface area (Å²) in [5, 5.41) is 0. The standard InChI is InChI=1S/C13H18N2/c14-13-4-3-12-9-15(8-10-1-2-10)6-5-11(12)7-13/h3-4,7,10H,1-2,5-6,8-9,14H2. The van der Waals surface area contributed by atoms with Crippen molar-refractivity contribution in [3.8, 4) is 0 Å². The van der Waals surface area contributed by atoms with Crippen LogP contribution in [0.3, 0.4) is 0 Å². The maximum absolute atomic E-state index is 5.79. The minimum Gasteiger partial charge on any atom is -0.399 e. The molecule has 2 nitrogen and oxygen atoms in total. The van der Waals surface area contributed by atoms with Gasteiger partial charge in [0.25, 0.3) is 0 Å². The Bertz CT molecular complexity index is 369. The Morgan fingerprint density at radius 3 is 2.93 bits per heavy atom. The van der Waals surface area contributed by atoms with Gasteiger partial charge in [0.05, 0.1) is 0 Å². The van der Waals surface area contributed by atoms with E-state index in [9.17, 15) is 0 Å². The summed E-state index contributed by atoms with van der Waals surface area (Å²) in [4.78, 5) is 2.59. The van der Waals surface area contributed by atoms with Gasteiger partial charge in [-0.1, -0.05) is 6.07 Å². The van der Waals surface area contributed by atoms with E-state index in [1.165, 1.54) is 43.5 Å². The molecule has 3 rings (SSSR count). The topological polar surface area (TPSA) is 29.3 Å². The lowest BCUT2D eigenvalue weighted by Crippen LogP contribution is -2.32. The molecule has 2 aliphatic rings. The number of hydrogen-bond donors (Lipinski definition) is 1. The molecule has 1 saturated carbocycles. The third-order valence-corrected chi connectivity index (χ3v) is 3.53. The van der Waals surface area contributed by atoms with Crippen LogP contribution in [0.25, 0.3) is 0 Å². The fraction of sp³-hybridized carbons (Fsp3) is 0.538. The maximum Gasteiger partial charge on any atom is 0.0316 e. The molecule has 0 spiro atoms. The predicted octanol–water partition coefficient (Wildman–Crippen LogP) is 2.04. The van der Waals surface area contributed by atoms with Gasteiger partial charge in [0.2, 0.25) is 0 Å². The van der Waals surface area contributed by atoms with E-state index in [0.29, 0.717) is 0 Å². The average Bonchev–Trinajstić information content (AvgIpc) is 3.02. The molecule has 1 aliphatic carbocycles. The molecule has 1 heterocycles. The van der Waals surface area contributed by atoms with Gasteiger partial charge in [0, 0.05) is 25.3 Å². The van der Waals surface area contributed by atoms with E-state index in [1.54, 1.807) is 0 Å². The molecule has 0 atom stereocenters. The number of hydrogen-bond acceptors (Lipinski definition) is 2. The zero-order valence-corrected chi connectivity index (χ0v) is 9.08. The van der Waals surface area contributed by atoms with Gasteiger partial charge in [-0.05, 0) is 48.4 Å². The molecule has 2 heteroatoms. The Balaban J connectivity index is 1.74. The van der Waals surface area contributed by atoms with Gasteiger partial charge in [-0.25, -0.2) is 0 Å². The first-order valence-corrected chi connectivity index (χ1v) is 5.91. The molecule has 0 radical (unpaired) electrons. The van der Waals surface area contributed by atoms with Crippen LogP contribution >= 0.6 is 0 Å². The molecule has 0 amide bonds. The highest BCUT2D eigenvalue weighted by atomic mass is 15.1. The Morgan fingerprint density at radius 1 is 1.27 bits per heavy atom. The van der Waals surface area contributed by atoms with Crippen LogP contribution in [0, 0.1) is 5.92 Å². The van der Waals surface area contributed by atoms with Crippen molar-refractivity contribution in [1.29, 1.82) is 0 Å². The molecular formula is C13H18N2. The summed E-state index contributed by atoms with van der Waals surface area (Å²) in [5.74, 6) is 1.00. The molecule has 2 N–H and O–H groups in total. The van der Waals surface area contributed by atoms with Crippen molar-refractivity contribution in [1.82, 2.24) is 4.90 Å².